The molecule has 0 saturated carbocycles. The molecule has 2 aliphatic rings. The summed E-state index contributed by atoms with van der Waals surface area (Å²) in [5, 5.41) is 0. The van der Waals surface area contributed by atoms with Crippen LogP contribution in [-0.4, -0.2) is 37.7 Å². The summed E-state index contributed by atoms with van der Waals surface area (Å²) in [5.74, 6) is 3.06. The molecule has 0 amide bonds. The Bertz CT molecular complexity index is 1430. The number of anilines is 1. The minimum absolute atomic E-state index is 0.204. The highest BCUT2D eigenvalue weighted by Crippen LogP contribution is 2.50. The van der Waals surface area contributed by atoms with E-state index in [4.69, 9.17) is 14.2 Å². The van der Waals surface area contributed by atoms with Gasteiger partial charge in [-0.25, -0.2) is 0 Å². The van der Waals surface area contributed by atoms with E-state index in [9.17, 15) is 0 Å². The first-order chi connectivity index (χ1) is 21.2. The van der Waals surface area contributed by atoms with Gasteiger partial charge in [0.2, 0.25) is 0 Å². The number of fused-ring (bicyclic) bond motifs is 1. The van der Waals surface area contributed by atoms with Crippen LogP contribution < -0.4 is 19.1 Å². The molecule has 4 aromatic rings. The van der Waals surface area contributed by atoms with Gasteiger partial charge in [-0.05, 0) is 97.6 Å². The molecule has 5 heteroatoms. The number of piperidine rings is 1. The lowest BCUT2D eigenvalue weighted by atomic mass is 9.91. The van der Waals surface area contributed by atoms with Gasteiger partial charge in [0.25, 0.3) is 0 Å². The van der Waals surface area contributed by atoms with Crippen LogP contribution >= 0.6 is 0 Å². The fourth-order valence-electron chi connectivity index (χ4n) is 6.52. The zero-order valence-corrected chi connectivity index (χ0v) is 25.6. The normalized spacial score (nSPS) is 18.3. The molecule has 2 aliphatic heterocycles. The number of likely N-dealkylation sites (tertiary alicyclic amines) is 1. The molecule has 0 aromatic heterocycles. The lowest BCUT2D eigenvalue weighted by molar-refractivity contribution is 0.183. The third-order valence-corrected chi connectivity index (χ3v) is 8.79. The second-order valence-electron chi connectivity index (χ2n) is 11.8. The lowest BCUT2D eigenvalue weighted by Gasteiger charge is -2.30. The topological polar surface area (TPSA) is 34.2 Å². The molecule has 224 valence electrons. The molecular formula is C38H44N2O3. The quantitative estimate of drug-likeness (QED) is 0.169. The summed E-state index contributed by atoms with van der Waals surface area (Å²) >= 11 is 0. The summed E-state index contributed by atoms with van der Waals surface area (Å²) < 4.78 is 18.1. The Labute approximate surface area is 257 Å². The predicted molar refractivity (Wildman–Crippen MR) is 174 cm³/mol. The number of ether oxygens (including phenoxy) is 3. The molecule has 2 atom stereocenters. The van der Waals surface area contributed by atoms with Crippen molar-refractivity contribution in [3.63, 3.8) is 0 Å². The molecule has 5 nitrogen and oxygen atoms in total. The number of hydrogen-bond donors (Lipinski definition) is 0. The van der Waals surface area contributed by atoms with Crippen LogP contribution in [0.5, 0.6) is 17.2 Å². The van der Waals surface area contributed by atoms with E-state index in [1.807, 2.05) is 13.0 Å². The highest BCUT2D eigenvalue weighted by Gasteiger charge is 2.37. The molecular weight excluding hydrogens is 532 g/mol. The largest absolute Gasteiger partial charge is 0.494 e. The van der Waals surface area contributed by atoms with Crippen molar-refractivity contribution in [2.24, 2.45) is 0 Å². The van der Waals surface area contributed by atoms with Gasteiger partial charge >= 0.3 is 0 Å². The van der Waals surface area contributed by atoms with Gasteiger partial charge < -0.3 is 19.1 Å². The van der Waals surface area contributed by atoms with E-state index in [1.165, 1.54) is 60.3 Å². The Kier molecular flexibility index (Phi) is 9.49. The number of rotatable bonds is 12. The molecule has 6 rings (SSSR count). The maximum Gasteiger partial charge on any atom is 0.120 e. The van der Waals surface area contributed by atoms with Crippen molar-refractivity contribution in [2.45, 2.75) is 58.2 Å². The van der Waals surface area contributed by atoms with E-state index in [1.54, 1.807) is 0 Å². The van der Waals surface area contributed by atoms with Crippen molar-refractivity contribution in [1.29, 1.82) is 0 Å². The second-order valence-corrected chi connectivity index (χ2v) is 11.8. The van der Waals surface area contributed by atoms with E-state index in [0.29, 0.717) is 19.1 Å². The lowest BCUT2D eigenvalue weighted by Crippen LogP contribution is -2.33. The van der Waals surface area contributed by atoms with Crippen LogP contribution in [0.25, 0.3) is 0 Å². The molecule has 0 bridgehead atoms. The Balaban J connectivity index is 1.19. The second kappa shape index (κ2) is 14.0. The van der Waals surface area contributed by atoms with Crippen LogP contribution in [0.15, 0.2) is 97.1 Å². The third-order valence-electron chi connectivity index (χ3n) is 8.79. The molecule has 1 fully saturated rings. The summed E-state index contributed by atoms with van der Waals surface area (Å²) in [6, 6.07) is 34.4. The molecule has 0 aliphatic carbocycles. The van der Waals surface area contributed by atoms with Crippen molar-refractivity contribution in [2.75, 3.05) is 37.7 Å². The zero-order valence-electron chi connectivity index (χ0n) is 25.6. The van der Waals surface area contributed by atoms with Crippen LogP contribution in [-0.2, 0) is 13.2 Å². The first-order valence-corrected chi connectivity index (χ1v) is 15.9. The van der Waals surface area contributed by atoms with Gasteiger partial charge in [-0.2, -0.15) is 0 Å². The van der Waals surface area contributed by atoms with Gasteiger partial charge in [0, 0.05) is 24.7 Å². The highest BCUT2D eigenvalue weighted by molar-refractivity contribution is 5.65. The number of hydrogen-bond acceptors (Lipinski definition) is 5. The van der Waals surface area contributed by atoms with Crippen LogP contribution in [0.3, 0.4) is 0 Å². The van der Waals surface area contributed by atoms with Gasteiger partial charge in [0.1, 0.15) is 30.5 Å². The van der Waals surface area contributed by atoms with Crippen LogP contribution in [0.1, 0.15) is 67.3 Å². The molecule has 0 radical (unpaired) electrons. The SMILES string of the molecule is CCOc1ccc(C2C(C)c3cc(OCc4ccccc4)ccc3N2Cc2ccc(OCCN3CCCCC3)cc2)cc1. The summed E-state index contributed by atoms with van der Waals surface area (Å²) in [4.78, 5) is 5.06. The van der Waals surface area contributed by atoms with Crippen molar-refractivity contribution in [1.82, 2.24) is 4.90 Å². The summed E-state index contributed by atoms with van der Waals surface area (Å²) in [5.41, 5.74) is 6.31. The maximum absolute atomic E-state index is 6.23. The fraction of sp³-hybridized carbons (Fsp3) is 0.368. The summed E-state index contributed by atoms with van der Waals surface area (Å²) in [6.45, 7) is 10.5. The van der Waals surface area contributed by atoms with E-state index >= 15 is 0 Å². The van der Waals surface area contributed by atoms with Gasteiger partial charge in [0.15, 0.2) is 0 Å². The van der Waals surface area contributed by atoms with Crippen molar-refractivity contribution in [3.05, 3.63) is 119 Å². The molecule has 4 aromatic carbocycles. The number of benzene rings is 4. The van der Waals surface area contributed by atoms with Crippen molar-refractivity contribution < 1.29 is 14.2 Å². The van der Waals surface area contributed by atoms with Crippen LogP contribution in [0, 0.1) is 0 Å². The summed E-state index contributed by atoms with van der Waals surface area (Å²) in [7, 11) is 0. The fourth-order valence-corrected chi connectivity index (χ4v) is 6.52. The minimum Gasteiger partial charge on any atom is -0.494 e. The van der Waals surface area contributed by atoms with Crippen molar-refractivity contribution >= 4 is 5.69 Å². The van der Waals surface area contributed by atoms with E-state index in [-0.39, 0.29) is 6.04 Å². The maximum atomic E-state index is 6.23. The van der Waals surface area contributed by atoms with E-state index in [0.717, 1.165) is 36.9 Å². The molecule has 0 spiro atoms. The Hall–Kier alpha value is -3.96. The van der Waals surface area contributed by atoms with Gasteiger partial charge in [0.05, 0.1) is 12.6 Å². The highest BCUT2D eigenvalue weighted by atomic mass is 16.5. The molecule has 1 saturated heterocycles. The van der Waals surface area contributed by atoms with Gasteiger partial charge in [-0.1, -0.05) is 67.9 Å². The summed E-state index contributed by atoms with van der Waals surface area (Å²) in [6.07, 6.45) is 3.99. The third kappa shape index (κ3) is 7.17. The Morgan fingerprint density at radius 1 is 0.698 bits per heavy atom. The standard InChI is InChI=1S/C38H44N2O3/c1-3-41-33-18-14-32(15-19-33)38-29(2)36-26-35(43-28-31-10-6-4-7-11-31)20-21-37(36)40(38)27-30-12-16-34(17-13-30)42-25-24-39-22-8-5-9-23-39/h4,6-7,10-21,26,29,38H,3,5,8-9,22-25,27-28H2,1-2H3. The van der Waals surface area contributed by atoms with Gasteiger partial charge in [-0.15, -0.1) is 0 Å². The predicted octanol–water partition coefficient (Wildman–Crippen LogP) is 8.39. The smallest absolute Gasteiger partial charge is 0.120 e. The van der Waals surface area contributed by atoms with Crippen LogP contribution in [0.4, 0.5) is 5.69 Å². The average molecular weight is 577 g/mol. The molecule has 2 heterocycles. The molecule has 2 unspecified atom stereocenters. The first-order valence-electron chi connectivity index (χ1n) is 15.9. The average Bonchev–Trinajstić information content (AvgIpc) is 3.32. The van der Waals surface area contributed by atoms with E-state index < -0.39 is 0 Å². The zero-order chi connectivity index (χ0) is 29.4. The Morgan fingerprint density at radius 2 is 1.40 bits per heavy atom. The van der Waals surface area contributed by atoms with E-state index in [2.05, 4.69) is 108 Å². The van der Waals surface area contributed by atoms with Crippen molar-refractivity contribution in [3.8, 4) is 17.2 Å². The molecule has 43 heavy (non-hydrogen) atoms. The first kappa shape index (κ1) is 29.1. The Morgan fingerprint density at radius 3 is 2.14 bits per heavy atom. The monoisotopic (exact) mass is 576 g/mol. The van der Waals surface area contributed by atoms with Crippen LogP contribution in [0.2, 0.25) is 0 Å². The molecule has 0 N–H and O–H groups in total. The van der Waals surface area contributed by atoms with Gasteiger partial charge in [-0.3, -0.25) is 4.90 Å². The number of nitrogens with zero attached hydrogens (tertiary/aromatic N) is 2. The minimum atomic E-state index is 0.204.